The summed E-state index contributed by atoms with van der Waals surface area (Å²) in [6, 6.07) is 6.36. The summed E-state index contributed by atoms with van der Waals surface area (Å²) in [5.41, 5.74) is 5.48. The fraction of sp³-hybridized carbons (Fsp3) is 0.350. The Hall–Kier alpha value is -1.52. The summed E-state index contributed by atoms with van der Waals surface area (Å²) in [7, 11) is 0. The molecule has 0 atom stereocenters. The number of hydrogen-bond donors (Lipinski definition) is 1. The number of thiophene rings is 1. The molecule has 2 aromatic rings. The van der Waals surface area contributed by atoms with Crippen molar-refractivity contribution in [1.82, 2.24) is 0 Å². The topological polar surface area (TPSA) is 37.3 Å². The summed E-state index contributed by atoms with van der Waals surface area (Å²) < 4.78 is 0. The SMILES string of the molecule is C=C(Cc1cc(C(=O)O)cs1)c1cc2c(cc1C)SCCC2(C)C. The van der Waals surface area contributed by atoms with Gasteiger partial charge in [-0.1, -0.05) is 20.4 Å². The van der Waals surface area contributed by atoms with Crippen LogP contribution in [0.5, 0.6) is 0 Å². The van der Waals surface area contributed by atoms with E-state index in [1.54, 1.807) is 11.4 Å². The minimum Gasteiger partial charge on any atom is -0.478 e. The van der Waals surface area contributed by atoms with Gasteiger partial charge in [0, 0.05) is 21.6 Å². The van der Waals surface area contributed by atoms with Crippen LogP contribution in [-0.2, 0) is 11.8 Å². The fourth-order valence-corrected chi connectivity index (χ4v) is 5.64. The van der Waals surface area contributed by atoms with Crippen molar-refractivity contribution in [3.63, 3.8) is 0 Å². The Bertz CT molecular complexity index is 815. The molecule has 0 saturated heterocycles. The van der Waals surface area contributed by atoms with Crippen molar-refractivity contribution < 1.29 is 9.90 Å². The van der Waals surface area contributed by atoms with Gasteiger partial charge >= 0.3 is 5.97 Å². The van der Waals surface area contributed by atoms with Gasteiger partial charge < -0.3 is 5.11 Å². The van der Waals surface area contributed by atoms with E-state index in [4.69, 9.17) is 5.11 Å². The number of rotatable bonds is 4. The molecule has 0 radical (unpaired) electrons. The molecule has 24 heavy (non-hydrogen) atoms. The number of fused-ring (bicyclic) bond motifs is 1. The molecule has 1 aliphatic rings. The van der Waals surface area contributed by atoms with E-state index in [2.05, 4.69) is 39.5 Å². The molecule has 1 aromatic heterocycles. The zero-order valence-electron chi connectivity index (χ0n) is 14.3. The van der Waals surface area contributed by atoms with Crippen molar-refractivity contribution in [2.45, 2.75) is 43.9 Å². The Morgan fingerprint density at radius 2 is 2.08 bits per heavy atom. The molecule has 126 valence electrons. The lowest BCUT2D eigenvalue weighted by Crippen LogP contribution is -2.23. The molecule has 0 spiro atoms. The second-order valence-electron chi connectivity index (χ2n) is 7.03. The summed E-state index contributed by atoms with van der Waals surface area (Å²) in [5.74, 6) is 0.305. The van der Waals surface area contributed by atoms with Crippen LogP contribution in [-0.4, -0.2) is 16.8 Å². The minimum absolute atomic E-state index is 0.197. The summed E-state index contributed by atoms with van der Waals surface area (Å²) in [6.45, 7) is 11.0. The van der Waals surface area contributed by atoms with Crippen LogP contribution in [0.25, 0.3) is 5.57 Å². The third kappa shape index (κ3) is 3.31. The molecule has 0 aliphatic carbocycles. The summed E-state index contributed by atoms with van der Waals surface area (Å²) in [4.78, 5) is 13.5. The van der Waals surface area contributed by atoms with Crippen LogP contribution in [0.2, 0.25) is 0 Å². The van der Waals surface area contributed by atoms with Crippen molar-refractivity contribution >= 4 is 34.6 Å². The van der Waals surface area contributed by atoms with E-state index >= 15 is 0 Å². The maximum atomic E-state index is 11.0. The highest BCUT2D eigenvalue weighted by molar-refractivity contribution is 7.99. The molecule has 0 bridgehead atoms. The standard InChI is InChI=1S/C20H22O2S2/c1-12(7-15-9-14(11-24-15)19(21)22)16-10-17-18(8-13(16)2)23-6-5-20(17,3)4/h8-11H,1,5-7H2,2-4H3,(H,21,22). The van der Waals surface area contributed by atoms with Gasteiger partial charge in [-0.3, -0.25) is 0 Å². The predicted octanol–water partition coefficient (Wildman–Crippen LogP) is 5.78. The third-order valence-corrected chi connectivity index (χ3v) is 6.70. The van der Waals surface area contributed by atoms with Gasteiger partial charge in [-0.2, -0.15) is 0 Å². The van der Waals surface area contributed by atoms with Crippen LogP contribution in [0, 0.1) is 6.92 Å². The van der Waals surface area contributed by atoms with E-state index < -0.39 is 5.97 Å². The van der Waals surface area contributed by atoms with Crippen molar-refractivity contribution in [1.29, 1.82) is 0 Å². The summed E-state index contributed by atoms with van der Waals surface area (Å²) in [5, 5.41) is 10.8. The normalized spacial score (nSPS) is 15.8. The van der Waals surface area contributed by atoms with E-state index in [1.807, 2.05) is 11.8 Å². The van der Waals surface area contributed by atoms with Gasteiger partial charge in [0.05, 0.1) is 5.56 Å². The lowest BCUT2D eigenvalue weighted by molar-refractivity contribution is 0.0697. The number of carboxylic acid groups (broad SMARTS) is 1. The van der Waals surface area contributed by atoms with Crippen molar-refractivity contribution in [2.24, 2.45) is 0 Å². The first-order valence-corrected chi connectivity index (χ1v) is 9.91. The highest BCUT2D eigenvalue weighted by Crippen LogP contribution is 2.43. The van der Waals surface area contributed by atoms with Crippen LogP contribution in [0.3, 0.4) is 0 Å². The first-order chi connectivity index (χ1) is 11.3. The Balaban J connectivity index is 1.91. The van der Waals surface area contributed by atoms with E-state index in [1.165, 1.54) is 45.1 Å². The molecule has 2 nitrogen and oxygen atoms in total. The molecule has 1 N–H and O–H groups in total. The Morgan fingerprint density at radius 1 is 1.33 bits per heavy atom. The number of carbonyl (C=O) groups is 1. The van der Waals surface area contributed by atoms with Crippen LogP contribution < -0.4 is 0 Å². The van der Waals surface area contributed by atoms with Gasteiger partial charge in [-0.05, 0) is 65.0 Å². The van der Waals surface area contributed by atoms with Crippen LogP contribution >= 0.6 is 23.1 Å². The van der Waals surface area contributed by atoms with Crippen molar-refractivity contribution in [3.8, 4) is 0 Å². The minimum atomic E-state index is -0.869. The van der Waals surface area contributed by atoms with Gasteiger partial charge in [-0.15, -0.1) is 23.1 Å². The van der Waals surface area contributed by atoms with Gasteiger partial charge in [-0.25, -0.2) is 4.79 Å². The van der Waals surface area contributed by atoms with E-state index in [-0.39, 0.29) is 5.41 Å². The lowest BCUT2D eigenvalue weighted by Gasteiger charge is -2.33. The zero-order valence-corrected chi connectivity index (χ0v) is 15.9. The first kappa shape index (κ1) is 17.3. The summed E-state index contributed by atoms with van der Waals surface area (Å²) in [6.07, 6.45) is 1.89. The van der Waals surface area contributed by atoms with E-state index in [0.717, 1.165) is 10.5 Å². The Kier molecular flexibility index (Phi) is 4.63. The molecule has 1 aliphatic heterocycles. The highest BCUT2D eigenvalue weighted by Gasteiger charge is 2.28. The number of hydrogen-bond acceptors (Lipinski definition) is 3. The number of aromatic carboxylic acids is 1. The first-order valence-electron chi connectivity index (χ1n) is 8.05. The van der Waals surface area contributed by atoms with Crippen LogP contribution in [0.4, 0.5) is 0 Å². The van der Waals surface area contributed by atoms with Crippen LogP contribution in [0.15, 0.2) is 35.1 Å². The molecule has 0 fully saturated rings. The smallest absolute Gasteiger partial charge is 0.336 e. The van der Waals surface area contributed by atoms with Gasteiger partial charge in [0.15, 0.2) is 0 Å². The van der Waals surface area contributed by atoms with Gasteiger partial charge in [0.2, 0.25) is 0 Å². The Morgan fingerprint density at radius 3 is 2.75 bits per heavy atom. The number of thioether (sulfide) groups is 1. The molecule has 0 unspecified atom stereocenters. The largest absolute Gasteiger partial charge is 0.478 e. The molecule has 3 rings (SSSR count). The highest BCUT2D eigenvalue weighted by atomic mass is 32.2. The number of aryl methyl sites for hydroxylation is 1. The number of benzene rings is 1. The molecule has 0 saturated carbocycles. The molecule has 4 heteroatoms. The van der Waals surface area contributed by atoms with Crippen molar-refractivity contribution in [3.05, 3.63) is 57.3 Å². The molecular weight excluding hydrogens is 336 g/mol. The van der Waals surface area contributed by atoms with Gasteiger partial charge in [0.25, 0.3) is 0 Å². The Labute approximate surface area is 151 Å². The van der Waals surface area contributed by atoms with Crippen molar-refractivity contribution in [2.75, 3.05) is 5.75 Å². The van der Waals surface area contributed by atoms with E-state index in [9.17, 15) is 4.79 Å². The average molecular weight is 359 g/mol. The third-order valence-electron chi connectivity index (χ3n) is 4.71. The number of carboxylic acids is 1. The monoisotopic (exact) mass is 358 g/mol. The van der Waals surface area contributed by atoms with Crippen LogP contribution in [0.1, 0.15) is 52.2 Å². The average Bonchev–Trinajstić information content (AvgIpc) is 2.95. The maximum absolute atomic E-state index is 11.0. The zero-order chi connectivity index (χ0) is 17.5. The quantitative estimate of drug-likeness (QED) is 0.752. The molecule has 2 heterocycles. The molecule has 0 amide bonds. The number of allylic oxidation sites excluding steroid dienone is 1. The molecular formula is C20H22O2S2. The second kappa shape index (κ2) is 6.41. The maximum Gasteiger partial charge on any atom is 0.336 e. The lowest BCUT2D eigenvalue weighted by atomic mass is 9.79. The fourth-order valence-electron chi connectivity index (χ4n) is 3.15. The van der Waals surface area contributed by atoms with E-state index in [0.29, 0.717) is 12.0 Å². The van der Waals surface area contributed by atoms with Gasteiger partial charge in [0.1, 0.15) is 0 Å². The summed E-state index contributed by atoms with van der Waals surface area (Å²) >= 11 is 3.43. The second-order valence-corrected chi connectivity index (χ2v) is 9.17. The molecule has 1 aromatic carbocycles. The predicted molar refractivity (Wildman–Crippen MR) is 104 cm³/mol.